The molecule has 1 aliphatic heterocycles. The lowest BCUT2D eigenvalue weighted by Crippen LogP contribution is -2.24. The van der Waals surface area contributed by atoms with E-state index in [0.717, 1.165) is 11.5 Å². The van der Waals surface area contributed by atoms with Crippen molar-refractivity contribution in [1.29, 1.82) is 0 Å². The minimum Gasteiger partial charge on any atom is -0.457 e. The van der Waals surface area contributed by atoms with Gasteiger partial charge >= 0.3 is 0 Å². The molecule has 8 aromatic rings. The summed E-state index contributed by atoms with van der Waals surface area (Å²) in [5, 5.41) is 7.83. The molecule has 0 atom stereocenters. The van der Waals surface area contributed by atoms with Crippen LogP contribution in [0.25, 0.3) is 64.3 Å². The molecule has 0 saturated carbocycles. The molecule has 0 radical (unpaired) electrons. The van der Waals surface area contributed by atoms with Gasteiger partial charge in [-0.1, -0.05) is 129 Å². The van der Waals surface area contributed by atoms with Gasteiger partial charge in [0.1, 0.15) is 11.5 Å². The first kappa shape index (κ1) is 26.2. The largest absolute Gasteiger partial charge is 0.457 e. The van der Waals surface area contributed by atoms with Crippen molar-refractivity contribution in [3.8, 4) is 43.5 Å². The second kappa shape index (κ2) is 9.92. The lowest BCUT2D eigenvalue weighted by molar-refractivity contribution is 0.418. The summed E-state index contributed by atoms with van der Waals surface area (Å²) in [6, 6.07) is 53.0. The Morgan fingerprint density at radius 2 is 0.911 bits per heavy atom. The van der Waals surface area contributed by atoms with Crippen molar-refractivity contribution in [3.05, 3.63) is 157 Å². The highest BCUT2D eigenvalue weighted by Gasteiger charge is 2.34. The summed E-state index contributed by atoms with van der Waals surface area (Å²) in [5.74, 6) is 1.90. The molecule has 0 N–H and O–H groups in total. The van der Waals surface area contributed by atoms with E-state index in [9.17, 15) is 0 Å². The molecule has 0 bridgehead atoms. The van der Waals surface area contributed by atoms with E-state index in [2.05, 4.69) is 153 Å². The van der Waals surface area contributed by atoms with Crippen molar-refractivity contribution >= 4 is 43.7 Å². The van der Waals surface area contributed by atoms with Crippen molar-refractivity contribution in [1.82, 2.24) is 0 Å². The Hall–Kier alpha value is -5.18. The zero-order valence-electron chi connectivity index (χ0n) is 25.2. The number of thiophene rings is 1. The molecule has 0 fully saturated rings. The zero-order chi connectivity index (χ0) is 30.1. The molecule has 1 nitrogen and oxygen atoms in total. The standard InChI is InChI=1S/C43H30OS/c1-43(2)37-13-7-8-14-39(37)44-40-26-30(20-22-38(40)43)42-24-23-41(45-42)28-17-15-27(16-18-28)29-19-21-35-33-11-4-3-9-31(33)32-10-5-6-12-34(32)36(35)25-29/h3-26H,1-2H3. The molecule has 2 heterocycles. The zero-order valence-corrected chi connectivity index (χ0v) is 26.0. The van der Waals surface area contributed by atoms with E-state index in [1.54, 1.807) is 0 Å². The number of benzene rings is 7. The number of hydrogen-bond acceptors (Lipinski definition) is 2. The second-order valence-electron chi connectivity index (χ2n) is 12.5. The number of hydrogen-bond donors (Lipinski definition) is 0. The minimum absolute atomic E-state index is 0.100. The summed E-state index contributed by atoms with van der Waals surface area (Å²) in [7, 11) is 0. The summed E-state index contributed by atoms with van der Waals surface area (Å²) in [6.45, 7) is 4.56. The van der Waals surface area contributed by atoms with E-state index in [-0.39, 0.29) is 5.41 Å². The Kier molecular flexibility index (Phi) is 5.78. The predicted octanol–water partition coefficient (Wildman–Crippen LogP) is 12.6. The molecular formula is C43H30OS. The molecule has 0 unspecified atom stereocenters. The van der Waals surface area contributed by atoms with Gasteiger partial charge in [0.2, 0.25) is 0 Å². The molecule has 0 spiro atoms. The molecule has 0 aliphatic carbocycles. The van der Waals surface area contributed by atoms with E-state index in [1.807, 2.05) is 17.4 Å². The van der Waals surface area contributed by atoms with Gasteiger partial charge in [0.05, 0.1) is 0 Å². The average Bonchev–Trinajstić information content (AvgIpc) is 3.59. The topological polar surface area (TPSA) is 9.23 Å². The molecule has 7 aromatic carbocycles. The van der Waals surface area contributed by atoms with Gasteiger partial charge in [-0.15, -0.1) is 11.3 Å². The van der Waals surface area contributed by atoms with Crippen molar-refractivity contribution in [2.75, 3.05) is 0 Å². The molecule has 0 amide bonds. The van der Waals surface area contributed by atoms with Gasteiger partial charge in [-0.3, -0.25) is 0 Å². The van der Waals surface area contributed by atoms with Crippen LogP contribution in [0.15, 0.2) is 146 Å². The Labute approximate surface area is 267 Å². The Morgan fingerprint density at radius 1 is 0.400 bits per heavy atom. The van der Waals surface area contributed by atoms with Gasteiger partial charge < -0.3 is 4.74 Å². The first-order valence-corrected chi connectivity index (χ1v) is 16.3. The van der Waals surface area contributed by atoms with Crippen molar-refractivity contribution < 1.29 is 4.74 Å². The molecule has 2 heteroatoms. The summed E-state index contributed by atoms with van der Waals surface area (Å²) >= 11 is 1.83. The SMILES string of the molecule is CC1(C)c2ccccc2Oc2cc(-c3ccc(-c4ccc(-c5ccc6c7ccccc7c7ccccc7c6c5)cc4)s3)ccc21. The van der Waals surface area contributed by atoms with Gasteiger partial charge in [-0.05, 0) is 84.9 Å². The van der Waals surface area contributed by atoms with Crippen LogP contribution in [0.5, 0.6) is 11.5 Å². The fraction of sp³-hybridized carbons (Fsp3) is 0.0698. The predicted molar refractivity (Wildman–Crippen MR) is 192 cm³/mol. The summed E-state index contributed by atoms with van der Waals surface area (Å²) in [5.41, 5.74) is 7.25. The lowest BCUT2D eigenvalue weighted by Gasteiger charge is -2.34. The number of rotatable bonds is 3. The Balaban J connectivity index is 1.04. The van der Waals surface area contributed by atoms with E-state index in [0.29, 0.717) is 0 Å². The average molecular weight is 595 g/mol. The summed E-state index contributed by atoms with van der Waals surface area (Å²) < 4.78 is 6.40. The smallest absolute Gasteiger partial charge is 0.132 e. The molecule has 1 aliphatic rings. The summed E-state index contributed by atoms with van der Waals surface area (Å²) in [4.78, 5) is 2.50. The molecule has 1 aromatic heterocycles. The van der Waals surface area contributed by atoms with Crippen molar-refractivity contribution in [3.63, 3.8) is 0 Å². The van der Waals surface area contributed by atoms with Crippen LogP contribution >= 0.6 is 11.3 Å². The van der Waals surface area contributed by atoms with Gasteiger partial charge in [0.15, 0.2) is 0 Å². The van der Waals surface area contributed by atoms with Crippen LogP contribution in [0.2, 0.25) is 0 Å². The lowest BCUT2D eigenvalue weighted by atomic mass is 9.75. The van der Waals surface area contributed by atoms with Crippen molar-refractivity contribution in [2.24, 2.45) is 0 Å². The van der Waals surface area contributed by atoms with Gasteiger partial charge in [-0.2, -0.15) is 0 Å². The van der Waals surface area contributed by atoms with E-state index < -0.39 is 0 Å². The maximum atomic E-state index is 6.40. The monoisotopic (exact) mass is 594 g/mol. The van der Waals surface area contributed by atoms with Crippen LogP contribution in [-0.4, -0.2) is 0 Å². The van der Waals surface area contributed by atoms with Crippen LogP contribution in [0.3, 0.4) is 0 Å². The fourth-order valence-electron chi connectivity index (χ4n) is 7.17. The third-order valence-corrected chi connectivity index (χ3v) is 10.8. The number of fused-ring (bicyclic) bond motifs is 8. The quantitative estimate of drug-likeness (QED) is 0.185. The third kappa shape index (κ3) is 4.13. The van der Waals surface area contributed by atoms with Gasteiger partial charge in [-0.25, -0.2) is 0 Å². The number of para-hydroxylation sites is 1. The third-order valence-electron chi connectivity index (χ3n) is 9.57. The Bertz CT molecular complexity index is 2390. The Morgan fingerprint density at radius 3 is 1.62 bits per heavy atom. The highest BCUT2D eigenvalue weighted by Crippen LogP contribution is 2.49. The maximum Gasteiger partial charge on any atom is 0.132 e. The van der Waals surface area contributed by atoms with Crippen LogP contribution in [0.1, 0.15) is 25.0 Å². The van der Waals surface area contributed by atoms with Crippen LogP contribution in [-0.2, 0) is 5.41 Å². The van der Waals surface area contributed by atoms with Gasteiger partial charge in [0.25, 0.3) is 0 Å². The first-order valence-electron chi connectivity index (χ1n) is 15.5. The normalized spacial score (nSPS) is 13.5. The first-order chi connectivity index (χ1) is 22.0. The molecule has 9 rings (SSSR count). The molecular weight excluding hydrogens is 565 g/mol. The van der Waals surface area contributed by atoms with Crippen LogP contribution in [0.4, 0.5) is 0 Å². The maximum absolute atomic E-state index is 6.40. The molecule has 45 heavy (non-hydrogen) atoms. The minimum atomic E-state index is -0.100. The number of ether oxygens (including phenoxy) is 1. The van der Waals surface area contributed by atoms with E-state index in [4.69, 9.17) is 4.74 Å². The van der Waals surface area contributed by atoms with E-state index in [1.165, 1.54) is 75.5 Å². The summed E-state index contributed by atoms with van der Waals surface area (Å²) in [6.07, 6.45) is 0. The van der Waals surface area contributed by atoms with Crippen molar-refractivity contribution in [2.45, 2.75) is 19.3 Å². The molecule has 0 saturated heterocycles. The van der Waals surface area contributed by atoms with Gasteiger partial charge in [0, 0.05) is 26.3 Å². The highest BCUT2D eigenvalue weighted by atomic mass is 32.1. The highest BCUT2D eigenvalue weighted by molar-refractivity contribution is 7.18. The van der Waals surface area contributed by atoms with Crippen LogP contribution < -0.4 is 4.74 Å². The second-order valence-corrected chi connectivity index (χ2v) is 13.6. The molecule has 214 valence electrons. The van der Waals surface area contributed by atoms with Crippen LogP contribution in [0, 0.1) is 0 Å². The van der Waals surface area contributed by atoms with E-state index >= 15 is 0 Å². The fourth-order valence-corrected chi connectivity index (χ4v) is 8.18.